The molecule has 1 heterocycles. The van der Waals surface area contributed by atoms with Crippen molar-refractivity contribution in [1.29, 1.82) is 0 Å². The minimum absolute atomic E-state index is 0.0110. The lowest BCUT2D eigenvalue weighted by Gasteiger charge is -2.40. The number of amides is 2. The summed E-state index contributed by atoms with van der Waals surface area (Å²) in [5, 5.41) is 3.07. The van der Waals surface area contributed by atoms with Crippen LogP contribution in [0.5, 0.6) is 0 Å². The van der Waals surface area contributed by atoms with Gasteiger partial charge >= 0.3 is 6.03 Å². The maximum atomic E-state index is 13.2. The Balaban J connectivity index is 1.80. The number of carbonyl (C=O) groups excluding carboxylic acids is 1. The van der Waals surface area contributed by atoms with E-state index in [1.807, 2.05) is 24.9 Å². The Morgan fingerprint density at radius 1 is 1.50 bits per heavy atom. The number of aryl methyl sites for hydroxylation is 1. The molecule has 5 heteroatoms. The molecule has 24 heavy (non-hydrogen) atoms. The van der Waals surface area contributed by atoms with E-state index in [1.54, 1.807) is 12.1 Å². The summed E-state index contributed by atoms with van der Waals surface area (Å²) in [7, 11) is 4.02. The van der Waals surface area contributed by atoms with Gasteiger partial charge in [0, 0.05) is 25.7 Å². The second-order valence-corrected chi connectivity index (χ2v) is 7.23. The van der Waals surface area contributed by atoms with Gasteiger partial charge in [-0.15, -0.1) is 0 Å². The molecule has 3 atom stereocenters. The third-order valence-corrected chi connectivity index (χ3v) is 5.01. The summed E-state index contributed by atoms with van der Waals surface area (Å²) in [6.07, 6.45) is 2.57. The van der Waals surface area contributed by atoms with Gasteiger partial charge in [-0.1, -0.05) is 19.1 Å². The van der Waals surface area contributed by atoms with Crippen molar-refractivity contribution in [3.05, 3.63) is 35.6 Å². The molecule has 1 aromatic carbocycles. The van der Waals surface area contributed by atoms with Gasteiger partial charge in [0.15, 0.2) is 0 Å². The lowest BCUT2D eigenvalue weighted by atomic mass is 9.93. The predicted octanol–water partition coefficient (Wildman–Crippen LogP) is 3.13. The zero-order valence-corrected chi connectivity index (χ0v) is 15.3. The minimum atomic E-state index is -0.208. The number of nitrogens with zero attached hydrogens (tertiary/aromatic N) is 2. The number of piperidine rings is 1. The summed E-state index contributed by atoms with van der Waals surface area (Å²) in [5.41, 5.74) is 0.966. The molecule has 1 saturated heterocycles. The molecule has 1 aliphatic heterocycles. The van der Waals surface area contributed by atoms with Crippen LogP contribution in [0.1, 0.15) is 32.3 Å². The fourth-order valence-electron chi connectivity index (χ4n) is 3.53. The SMILES string of the molecule is C[C@H](CCc1cccc(F)c1)NC(=O)N(C)[C@H]1CCN(C)C[C@H]1C. The van der Waals surface area contributed by atoms with Crippen LogP contribution in [0.2, 0.25) is 0 Å². The maximum absolute atomic E-state index is 13.2. The fraction of sp³-hybridized carbons (Fsp3) is 0.632. The highest BCUT2D eigenvalue weighted by molar-refractivity contribution is 5.74. The van der Waals surface area contributed by atoms with Crippen molar-refractivity contribution in [2.75, 3.05) is 27.2 Å². The number of halogens is 1. The number of rotatable bonds is 5. The number of likely N-dealkylation sites (tertiary alicyclic amines) is 1. The molecule has 4 nitrogen and oxygen atoms in total. The van der Waals surface area contributed by atoms with Crippen molar-refractivity contribution in [1.82, 2.24) is 15.1 Å². The second kappa shape index (κ2) is 8.47. The first-order valence-electron chi connectivity index (χ1n) is 8.83. The van der Waals surface area contributed by atoms with Crippen LogP contribution < -0.4 is 5.32 Å². The Labute approximate surface area is 145 Å². The summed E-state index contributed by atoms with van der Waals surface area (Å²) >= 11 is 0. The molecule has 0 radical (unpaired) electrons. The van der Waals surface area contributed by atoms with E-state index in [-0.39, 0.29) is 23.9 Å². The van der Waals surface area contributed by atoms with Gasteiger partial charge in [-0.05, 0) is 63.4 Å². The van der Waals surface area contributed by atoms with Crippen molar-refractivity contribution in [2.45, 2.75) is 45.2 Å². The topological polar surface area (TPSA) is 35.6 Å². The Morgan fingerprint density at radius 3 is 2.92 bits per heavy atom. The van der Waals surface area contributed by atoms with E-state index >= 15 is 0 Å². The number of hydrogen-bond acceptors (Lipinski definition) is 2. The van der Waals surface area contributed by atoms with Crippen molar-refractivity contribution >= 4 is 6.03 Å². The molecule has 1 aliphatic rings. The molecule has 134 valence electrons. The smallest absolute Gasteiger partial charge is 0.317 e. The van der Waals surface area contributed by atoms with Gasteiger partial charge in [-0.25, -0.2) is 9.18 Å². The predicted molar refractivity (Wildman–Crippen MR) is 95.5 cm³/mol. The van der Waals surface area contributed by atoms with E-state index in [2.05, 4.69) is 24.2 Å². The molecule has 1 fully saturated rings. The van der Waals surface area contributed by atoms with Crippen molar-refractivity contribution < 1.29 is 9.18 Å². The van der Waals surface area contributed by atoms with E-state index < -0.39 is 0 Å². The Bertz CT molecular complexity index is 551. The quantitative estimate of drug-likeness (QED) is 0.897. The van der Waals surface area contributed by atoms with Crippen LogP contribution in [0.4, 0.5) is 9.18 Å². The molecule has 0 bridgehead atoms. The van der Waals surface area contributed by atoms with Crippen LogP contribution >= 0.6 is 0 Å². The molecule has 1 N–H and O–H groups in total. The lowest BCUT2D eigenvalue weighted by molar-refractivity contribution is 0.106. The summed E-state index contributed by atoms with van der Waals surface area (Å²) < 4.78 is 13.2. The highest BCUT2D eigenvalue weighted by Gasteiger charge is 2.30. The first-order valence-corrected chi connectivity index (χ1v) is 8.83. The van der Waals surface area contributed by atoms with E-state index in [4.69, 9.17) is 0 Å². The zero-order valence-electron chi connectivity index (χ0n) is 15.3. The van der Waals surface area contributed by atoms with E-state index in [1.165, 1.54) is 6.07 Å². The molecule has 2 amide bonds. The summed E-state index contributed by atoms with van der Waals surface area (Å²) in [5.74, 6) is 0.266. The number of nitrogens with one attached hydrogen (secondary N) is 1. The van der Waals surface area contributed by atoms with Gasteiger partial charge in [0.25, 0.3) is 0 Å². The fourth-order valence-corrected chi connectivity index (χ4v) is 3.53. The van der Waals surface area contributed by atoms with Crippen LogP contribution in [0.15, 0.2) is 24.3 Å². The van der Waals surface area contributed by atoms with Crippen molar-refractivity contribution in [3.63, 3.8) is 0 Å². The molecule has 2 rings (SSSR count). The van der Waals surface area contributed by atoms with E-state index in [9.17, 15) is 9.18 Å². The number of urea groups is 1. The number of carbonyl (C=O) groups is 1. The second-order valence-electron chi connectivity index (χ2n) is 7.23. The van der Waals surface area contributed by atoms with Crippen LogP contribution in [0.3, 0.4) is 0 Å². The van der Waals surface area contributed by atoms with Crippen LogP contribution in [-0.2, 0) is 6.42 Å². The van der Waals surface area contributed by atoms with Gasteiger partial charge in [-0.3, -0.25) is 0 Å². The van der Waals surface area contributed by atoms with Crippen LogP contribution in [0.25, 0.3) is 0 Å². The van der Waals surface area contributed by atoms with Crippen molar-refractivity contribution in [3.8, 4) is 0 Å². The molecule has 0 saturated carbocycles. The van der Waals surface area contributed by atoms with Gasteiger partial charge < -0.3 is 15.1 Å². The molecule has 0 aliphatic carbocycles. The third-order valence-electron chi connectivity index (χ3n) is 5.01. The highest BCUT2D eigenvalue weighted by atomic mass is 19.1. The van der Waals surface area contributed by atoms with E-state index in [0.717, 1.165) is 37.9 Å². The normalized spacial score (nSPS) is 22.9. The van der Waals surface area contributed by atoms with E-state index in [0.29, 0.717) is 5.92 Å². The molecule has 1 aromatic rings. The molecule has 0 spiro atoms. The molecular weight excluding hydrogens is 305 g/mol. The van der Waals surface area contributed by atoms with Gasteiger partial charge in [-0.2, -0.15) is 0 Å². The summed E-state index contributed by atoms with van der Waals surface area (Å²) in [4.78, 5) is 16.7. The van der Waals surface area contributed by atoms with Crippen LogP contribution in [0, 0.1) is 11.7 Å². The summed E-state index contributed by atoms with van der Waals surface area (Å²) in [6, 6.07) is 6.99. The highest BCUT2D eigenvalue weighted by Crippen LogP contribution is 2.20. The monoisotopic (exact) mass is 335 g/mol. The van der Waals surface area contributed by atoms with Crippen molar-refractivity contribution in [2.24, 2.45) is 5.92 Å². The standard InChI is InChI=1S/C19H30FN3O/c1-14-13-22(3)11-10-18(14)23(4)19(24)21-15(2)8-9-16-6-5-7-17(20)12-16/h5-7,12,14-15,18H,8-11,13H2,1-4H3,(H,21,24)/t14-,15-,18+/m1/s1. The van der Waals surface area contributed by atoms with Gasteiger partial charge in [0.05, 0.1) is 0 Å². The first kappa shape index (κ1) is 18.7. The van der Waals surface area contributed by atoms with Crippen LogP contribution in [-0.4, -0.2) is 55.1 Å². The Hall–Kier alpha value is -1.62. The Morgan fingerprint density at radius 2 is 2.25 bits per heavy atom. The first-order chi connectivity index (χ1) is 11.4. The molecular formula is C19H30FN3O. The average molecular weight is 335 g/mol. The lowest BCUT2D eigenvalue weighted by Crippen LogP contribution is -2.53. The number of benzene rings is 1. The third kappa shape index (κ3) is 5.20. The summed E-state index contributed by atoms with van der Waals surface area (Å²) in [6.45, 7) is 6.26. The largest absolute Gasteiger partial charge is 0.336 e. The molecule has 0 aromatic heterocycles. The Kier molecular flexibility index (Phi) is 6.60. The van der Waals surface area contributed by atoms with Gasteiger partial charge in [0.1, 0.15) is 5.82 Å². The molecule has 0 unspecified atom stereocenters. The van der Waals surface area contributed by atoms with Gasteiger partial charge in [0.2, 0.25) is 0 Å². The zero-order chi connectivity index (χ0) is 17.7. The average Bonchev–Trinajstić information content (AvgIpc) is 2.52. The number of hydrogen-bond donors (Lipinski definition) is 1. The minimum Gasteiger partial charge on any atom is -0.336 e. The maximum Gasteiger partial charge on any atom is 0.317 e.